The summed E-state index contributed by atoms with van der Waals surface area (Å²) in [7, 11) is 1.74. The first-order valence-corrected chi connectivity index (χ1v) is 6.75. The highest BCUT2D eigenvalue weighted by Gasteiger charge is 2.31. The van der Waals surface area contributed by atoms with Gasteiger partial charge in [-0.1, -0.05) is 0 Å². The molecule has 106 valence electrons. The number of amides is 1. The number of nitrogens with two attached hydrogens (primary N) is 1. The number of hydrogen-bond acceptors (Lipinski definition) is 3. The molecule has 1 unspecified atom stereocenters. The number of aromatic nitrogens is 3. The van der Waals surface area contributed by atoms with E-state index in [1.807, 2.05) is 4.90 Å². The largest absolute Gasteiger partial charge is 0.396 e. The number of rotatable bonds is 1. The molecule has 3 heterocycles. The standard InChI is InChI=1S/C14H19N5O/c1-9-4-5-12-10(2)19(7-6-18(9)12)14(20)13-11(15)8-16-17(13)3/h4-5,8,10H,6-7,15H2,1-3H3. The fourth-order valence-corrected chi connectivity index (χ4v) is 2.95. The Bertz CT molecular complexity index is 650. The first-order valence-electron chi connectivity index (χ1n) is 6.75. The van der Waals surface area contributed by atoms with E-state index >= 15 is 0 Å². The van der Waals surface area contributed by atoms with Gasteiger partial charge in [0.2, 0.25) is 0 Å². The van der Waals surface area contributed by atoms with E-state index in [0.29, 0.717) is 17.9 Å². The van der Waals surface area contributed by atoms with Gasteiger partial charge in [-0.05, 0) is 26.0 Å². The number of aryl methyl sites for hydroxylation is 2. The Morgan fingerprint density at radius 1 is 1.40 bits per heavy atom. The van der Waals surface area contributed by atoms with Crippen molar-refractivity contribution < 1.29 is 4.79 Å². The van der Waals surface area contributed by atoms with Crippen LogP contribution in [0.5, 0.6) is 0 Å². The van der Waals surface area contributed by atoms with Gasteiger partial charge in [-0.2, -0.15) is 5.10 Å². The molecule has 0 saturated carbocycles. The highest BCUT2D eigenvalue weighted by Crippen LogP contribution is 2.29. The molecule has 0 fully saturated rings. The van der Waals surface area contributed by atoms with Crippen molar-refractivity contribution in [1.82, 2.24) is 19.2 Å². The lowest BCUT2D eigenvalue weighted by atomic mass is 10.1. The van der Waals surface area contributed by atoms with Crippen LogP contribution in [-0.2, 0) is 13.6 Å². The summed E-state index contributed by atoms with van der Waals surface area (Å²) in [4.78, 5) is 14.6. The van der Waals surface area contributed by atoms with Gasteiger partial charge < -0.3 is 15.2 Å². The van der Waals surface area contributed by atoms with Crippen LogP contribution >= 0.6 is 0 Å². The predicted octanol–water partition coefficient (Wildman–Crippen LogP) is 1.33. The van der Waals surface area contributed by atoms with Crippen molar-refractivity contribution in [1.29, 1.82) is 0 Å². The summed E-state index contributed by atoms with van der Waals surface area (Å²) in [5.74, 6) is -0.0555. The van der Waals surface area contributed by atoms with Crippen LogP contribution in [0.3, 0.4) is 0 Å². The predicted molar refractivity (Wildman–Crippen MR) is 76.2 cm³/mol. The molecule has 3 rings (SSSR count). The van der Waals surface area contributed by atoms with Crippen LogP contribution in [0.15, 0.2) is 18.3 Å². The summed E-state index contributed by atoms with van der Waals surface area (Å²) in [6.45, 7) is 5.65. The second-order valence-corrected chi connectivity index (χ2v) is 5.30. The van der Waals surface area contributed by atoms with Crippen molar-refractivity contribution in [3.05, 3.63) is 35.4 Å². The number of carbonyl (C=O) groups excluding carboxylic acids is 1. The first-order chi connectivity index (χ1) is 9.50. The van der Waals surface area contributed by atoms with Crippen LogP contribution < -0.4 is 5.73 Å². The summed E-state index contributed by atoms with van der Waals surface area (Å²) >= 11 is 0. The summed E-state index contributed by atoms with van der Waals surface area (Å²) in [6, 6.07) is 4.23. The SMILES string of the molecule is Cc1ccc2n1CCN(C(=O)c1c(N)cnn1C)C2C. The second kappa shape index (κ2) is 4.40. The van der Waals surface area contributed by atoms with Crippen LogP contribution in [0.4, 0.5) is 5.69 Å². The molecule has 1 aliphatic heterocycles. The van der Waals surface area contributed by atoms with Gasteiger partial charge >= 0.3 is 0 Å². The smallest absolute Gasteiger partial charge is 0.274 e. The van der Waals surface area contributed by atoms with Crippen LogP contribution in [0.25, 0.3) is 0 Å². The Labute approximate surface area is 117 Å². The van der Waals surface area contributed by atoms with Crippen LogP contribution in [-0.4, -0.2) is 31.7 Å². The van der Waals surface area contributed by atoms with Crippen molar-refractivity contribution in [2.75, 3.05) is 12.3 Å². The molecule has 6 heteroatoms. The third-order valence-electron chi connectivity index (χ3n) is 4.12. The molecule has 2 aromatic rings. The number of fused-ring (bicyclic) bond motifs is 1. The lowest BCUT2D eigenvalue weighted by Crippen LogP contribution is -2.42. The Morgan fingerprint density at radius 3 is 2.80 bits per heavy atom. The van der Waals surface area contributed by atoms with Crippen molar-refractivity contribution >= 4 is 11.6 Å². The quantitative estimate of drug-likeness (QED) is 0.852. The van der Waals surface area contributed by atoms with Crippen molar-refractivity contribution in [2.24, 2.45) is 7.05 Å². The Balaban J connectivity index is 1.95. The van der Waals surface area contributed by atoms with Crippen LogP contribution in [0.2, 0.25) is 0 Å². The summed E-state index contributed by atoms with van der Waals surface area (Å²) in [5, 5.41) is 4.04. The molecule has 2 N–H and O–H groups in total. The Morgan fingerprint density at radius 2 is 2.15 bits per heavy atom. The summed E-state index contributed by atoms with van der Waals surface area (Å²) in [5.41, 5.74) is 9.16. The molecule has 6 nitrogen and oxygen atoms in total. The number of anilines is 1. The molecule has 0 spiro atoms. The number of hydrogen-bond donors (Lipinski definition) is 1. The van der Waals surface area contributed by atoms with Gasteiger partial charge in [-0.15, -0.1) is 0 Å². The fraction of sp³-hybridized carbons (Fsp3) is 0.429. The fourth-order valence-electron chi connectivity index (χ4n) is 2.95. The second-order valence-electron chi connectivity index (χ2n) is 5.30. The van der Waals surface area contributed by atoms with E-state index in [1.165, 1.54) is 17.6 Å². The zero-order valence-electron chi connectivity index (χ0n) is 12.0. The molecular weight excluding hydrogens is 254 g/mol. The van der Waals surface area contributed by atoms with Gasteiger partial charge in [0.15, 0.2) is 0 Å². The van der Waals surface area contributed by atoms with Crippen molar-refractivity contribution in [3.63, 3.8) is 0 Å². The maximum atomic E-state index is 12.7. The van der Waals surface area contributed by atoms with E-state index in [9.17, 15) is 4.79 Å². The minimum atomic E-state index is -0.0555. The third kappa shape index (κ3) is 1.71. The third-order valence-corrected chi connectivity index (χ3v) is 4.12. The molecule has 20 heavy (non-hydrogen) atoms. The highest BCUT2D eigenvalue weighted by atomic mass is 16.2. The average Bonchev–Trinajstić information content (AvgIpc) is 2.94. The average molecular weight is 273 g/mol. The molecule has 0 radical (unpaired) electrons. The van der Waals surface area contributed by atoms with E-state index in [0.717, 1.165) is 6.54 Å². The minimum Gasteiger partial charge on any atom is -0.396 e. The lowest BCUT2D eigenvalue weighted by molar-refractivity contribution is 0.0632. The minimum absolute atomic E-state index is 0.0410. The monoisotopic (exact) mass is 273 g/mol. The zero-order valence-corrected chi connectivity index (χ0v) is 12.0. The van der Waals surface area contributed by atoms with Crippen molar-refractivity contribution in [3.8, 4) is 0 Å². The van der Waals surface area contributed by atoms with Crippen LogP contribution in [0, 0.1) is 6.92 Å². The highest BCUT2D eigenvalue weighted by molar-refractivity contribution is 5.97. The van der Waals surface area contributed by atoms with Crippen molar-refractivity contribution in [2.45, 2.75) is 26.4 Å². The molecule has 0 aromatic carbocycles. The molecular formula is C14H19N5O. The van der Waals surface area contributed by atoms with Crippen LogP contribution in [0.1, 0.15) is 34.8 Å². The van der Waals surface area contributed by atoms with Gasteiger partial charge in [0.05, 0.1) is 17.9 Å². The molecule has 1 amide bonds. The molecule has 0 saturated heterocycles. The maximum absolute atomic E-state index is 12.7. The van der Waals surface area contributed by atoms with Gasteiger partial charge in [-0.25, -0.2) is 0 Å². The summed E-state index contributed by atoms with van der Waals surface area (Å²) < 4.78 is 3.81. The molecule has 2 aromatic heterocycles. The van der Waals surface area contributed by atoms with Gasteiger partial charge in [-0.3, -0.25) is 9.48 Å². The molecule has 0 aliphatic carbocycles. The lowest BCUT2D eigenvalue weighted by Gasteiger charge is -2.35. The maximum Gasteiger partial charge on any atom is 0.274 e. The van der Waals surface area contributed by atoms with E-state index in [-0.39, 0.29) is 11.9 Å². The van der Waals surface area contributed by atoms with Gasteiger partial charge in [0.25, 0.3) is 5.91 Å². The Hall–Kier alpha value is -2.24. The number of nitrogen functional groups attached to an aromatic ring is 1. The van der Waals surface area contributed by atoms with E-state index in [4.69, 9.17) is 5.73 Å². The zero-order chi connectivity index (χ0) is 14.4. The van der Waals surface area contributed by atoms with Gasteiger partial charge in [0.1, 0.15) is 5.69 Å². The molecule has 1 aliphatic rings. The topological polar surface area (TPSA) is 69.1 Å². The van der Waals surface area contributed by atoms with E-state index in [2.05, 4.69) is 35.6 Å². The number of nitrogens with zero attached hydrogens (tertiary/aromatic N) is 4. The normalized spacial score (nSPS) is 18.1. The first kappa shape index (κ1) is 12.8. The molecule has 1 atom stereocenters. The Kier molecular flexibility index (Phi) is 2.81. The van der Waals surface area contributed by atoms with E-state index in [1.54, 1.807) is 11.7 Å². The summed E-state index contributed by atoms with van der Waals surface area (Å²) in [6.07, 6.45) is 1.52. The van der Waals surface area contributed by atoms with Gasteiger partial charge in [0, 0.05) is 31.5 Å². The molecule has 0 bridgehead atoms. The van der Waals surface area contributed by atoms with E-state index < -0.39 is 0 Å². The number of carbonyl (C=O) groups is 1.